The first kappa shape index (κ1) is 22.3. The third kappa shape index (κ3) is 6.11. The van der Waals surface area contributed by atoms with E-state index in [1.807, 2.05) is 48.5 Å². The minimum absolute atomic E-state index is 0.126. The van der Waals surface area contributed by atoms with Crippen LogP contribution in [0.3, 0.4) is 0 Å². The second kappa shape index (κ2) is 10.6. The topological polar surface area (TPSA) is 98.3 Å². The minimum Gasteiger partial charge on any atom is -0.488 e. The number of fused-ring (bicyclic) bond motifs is 1. The van der Waals surface area contributed by atoms with Gasteiger partial charge < -0.3 is 19.5 Å². The third-order valence-electron chi connectivity index (χ3n) is 4.64. The summed E-state index contributed by atoms with van der Waals surface area (Å²) in [4.78, 5) is 24.2. The zero-order valence-electron chi connectivity index (χ0n) is 17.4. The van der Waals surface area contributed by atoms with Gasteiger partial charge in [-0.3, -0.25) is 9.59 Å². The molecule has 0 unspecified atom stereocenters. The molecule has 33 heavy (non-hydrogen) atoms. The van der Waals surface area contributed by atoms with Crippen LogP contribution in [0.4, 0.5) is 0 Å². The quantitative estimate of drug-likeness (QED) is 0.356. The van der Waals surface area contributed by atoms with Gasteiger partial charge in [0.1, 0.15) is 12.4 Å². The number of hydrogen-bond donors (Lipinski definition) is 2. The molecule has 0 aromatic heterocycles. The average Bonchev–Trinajstić information content (AvgIpc) is 3.31. The van der Waals surface area contributed by atoms with Gasteiger partial charge in [0, 0.05) is 5.56 Å². The van der Waals surface area contributed by atoms with E-state index < -0.39 is 11.8 Å². The lowest BCUT2D eigenvalue weighted by Crippen LogP contribution is -2.34. The fraction of sp³-hybridized carbons (Fsp3) is 0.125. The number of ether oxygens (including phenoxy) is 3. The van der Waals surface area contributed by atoms with Crippen molar-refractivity contribution in [3.05, 3.63) is 87.9 Å². The number of nitrogens with zero attached hydrogens (tertiary/aromatic N) is 1. The molecular weight excluding hydrogens is 490 g/mol. The van der Waals surface area contributed by atoms with Crippen LogP contribution in [0.5, 0.6) is 17.2 Å². The molecule has 0 saturated carbocycles. The van der Waals surface area contributed by atoms with Crippen LogP contribution in [0.25, 0.3) is 0 Å². The molecule has 8 nitrogen and oxygen atoms in total. The molecular formula is C24H20BrN3O5. The van der Waals surface area contributed by atoms with E-state index in [9.17, 15) is 9.59 Å². The maximum atomic E-state index is 12.2. The summed E-state index contributed by atoms with van der Waals surface area (Å²) in [6.07, 6.45) is 1.50. The van der Waals surface area contributed by atoms with Crippen LogP contribution in [0.15, 0.2) is 76.3 Å². The summed E-state index contributed by atoms with van der Waals surface area (Å²) < 4.78 is 17.0. The lowest BCUT2D eigenvalue weighted by atomic mass is 10.2. The predicted octanol–water partition coefficient (Wildman–Crippen LogP) is 3.64. The number of nitrogens with one attached hydrogen (secondary N) is 2. The van der Waals surface area contributed by atoms with Crippen LogP contribution in [0, 0.1) is 0 Å². The third-order valence-corrected chi connectivity index (χ3v) is 5.26. The number of carbonyl (C=O) groups is 2. The SMILES string of the molecule is O=C(CNC(=O)c1ccc2c(c1)OCO2)NN=Cc1ccc(OCc2ccccc2)c(Br)c1. The van der Waals surface area contributed by atoms with Gasteiger partial charge in [0.25, 0.3) is 11.8 Å². The first-order valence-corrected chi connectivity index (χ1v) is 10.8. The highest BCUT2D eigenvalue weighted by molar-refractivity contribution is 9.10. The van der Waals surface area contributed by atoms with Crippen molar-refractivity contribution < 1.29 is 23.8 Å². The van der Waals surface area contributed by atoms with Crippen LogP contribution >= 0.6 is 15.9 Å². The summed E-state index contributed by atoms with van der Waals surface area (Å²) >= 11 is 3.48. The largest absolute Gasteiger partial charge is 0.488 e. The number of rotatable bonds is 8. The Kier molecular flexibility index (Phi) is 7.21. The van der Waals surface area contributed by atoms with Crippen molar-refractivity contribution in [3.63, 3.8) is 0 Å². The fourth-order valence-corrected chi connectivity index (χ4v) is 3.48. The van der Waals surface area contributed by atoms with Crippen molar-refractivity contribution in [2.24, 2.45) is 5.10 Å². The molecule has 9 heteroatoms. The summed E-state index contributed by atoms with van der Waals surface area (Å²) in [5, 5.41) is 6.47. The Balaban J connectivity index is 1.23. The van der Waals surface area contributed by atoms with E-state index in [2.05, 4.69) is 31.8 Å². The Morgan fingerprint density at radius 3 is 2.67 bits per heavy atom. The molecule has 1 aliphatic rings. The molecule has 0 radical (unpaired) electrons. The number of carbonyl (C=O) groups excluding carboxylic acids is 2. The lowest BCUT2D eigenvalue weighted by Gasteiger charge is -2.09. The molecule has 0 atom stereocenters. The first-order valence-electron chi connectivity index (χ1n) is 10.0. The standard InChI is InChI=1S/C24H20BrN3O5/c25-19-10-17(6-8-20(19)31-14-16-4-2-1-3-5-16)12-27-28-23(29)13-26-24(30)18-7-9-21-22(11-18)33-15-32-21/h1-12H,13-15H2,(H,26,30)(H,28,29). The number of hydrazone groups is 1. The number of hydrogen-bond acceptors (Lipinski definition) is 6. The maximum absolute atomic E-state index is 12.2. The van der Waals surface area contributed by atoms with E-state index in [0.29, 0.717) is 29.4 Å². The van der Waals surface area contributed by atoms with Crippen LogP contribution < -0.4 is 25.0 Å². The Morgan fingerprint density at radius 2 is 1.85 bits per heavy atom. The smallest absolute Gasteiger partial charge is 0.259 e. The zero-order chi connectivity index (χ0) is 23.0. The molecule has 3 aromatic carbocycles. The predicted molar refractivity (Wildman–Crippen MR) is 126 cm³/mol. The summed E-state index contributed by atoms with van der Waals surface area (Å²) in [5.74, 6) is 0.927. The van der Waals surface area contributed by atoms with Crippen LogP contribution in [0.1, 0.15) is 21.5 Å². The molecule has 0 aliphatic carbocycles. The monoisotopic (exact) mass is 509 g/mol. The molecule has 1 heterocycles. The molecule has 168 valence electrons. The second-order valence-electron chi connectivity index (χ2n) is 7.01. The average molecular weight is 510 g/mol. The molecule has 0 saturated heterocycles. The van der Waals surface area contributed by atoms with Crippen molar-refractivity contribution in [1.82, 2.24) is 10.7 Å². The van der Waals surface area contributed by atoms with Crippen molar-refractivity contribution in [2.45, 2.75) is 6.61 Å². The summed E-state index contributed by atoms with van der Waals surface area (Å²) in [6.45, 7) is 0.363. The van der Waals surface area contributed by atoms with E-state index in [0.717, 1.165) is 15.6 Å². The zero-order valence-corrected chi connectivity index (χ0v) is 19.0. The Bertz CT molecular complexity index is 1180. The van der Waals surface area contributed by atoms with Crippen molar-refractivity contribution in [1.29, 1.82) is 0 Å². The van der Waals surface area contributed by atoms with Gasteiger partial charge in [-0.1, -0.05) is 30.3 Å². The highest BCUT2D eigenvalue weighted by Gasteiger charge is 2.16. The Labute approximate surface area is 198 Å². The van der Waals surface area contributed by atoms with Gasteiger partial charge in [-0.05, 0) is 63.5 Å². The number of benzene rings is 3. The summed E-state index contributed by atoms with van der Waals surface area (Å²) in [6, 6.07) is 20.2. The highest BCUT2D eigenvalue weighted by atomic mass is 79.9. The van der Waals surface area contributed by atoms with Gasteiger partial charge in [-0.25, -0.2) is 5.43 Å². The molecule has 3 aromatic rings. The second-order valence-corrected chi connectivity index (χ2v) is 7.86. The molecule has 0 spiro atoms. The fourth-order valence-electron chi connectivity index (χ4n) is 2.97. The van der Waals surface area contributed by atoms with Gasteiger partial charge in [0.15, 0.2) is 11.5 Å². The Hall–Kier alpha value is -3.85. The molecule has 0 bridgehead atoms. The maximum Gasteiger partial charge on any atom is 0.259 e. The first-order chi connectivity index (χ1) is 16.1. The van der Waals surface area contributed by atoms with Crippen molar-refractivity contribution in [2.75, 3.05) is 13.3 Å². The number of amides is 2. The van der Waals surface area contributed by atoms with E-state index in [1.165, 1.54) is 6.21 Å². The van der Waals surface area contributed by atoms with Crippen LogP contribution in [0.2, 0.25) is 0 Å². The minimum atomic E-state index is -0.456. The molecule has 0 fully saturated rings. The van der Waals surface area contributed by atoms with Crippen LogP contribution in [-0.2, 0) is 11.4 Å². The van der Waals surface area contributed by atoms with E-state index in [1.54, 1.807) is 18.2 Å². The van der Waals surface area contributed by atoms with Crippen LogP contribution in [-0.4, -0.2) is 31.4 Å². The highest BCUT2D eigenvalue weighted by Crippen LogP contribution is 2.32. The van der Waals surface area contributed by atoms with Gasteiger partial charge in [0.2, 0.25) is 6.79 Å². The van der Waals surface area contributed by atoms with Gasteiger partial charge in [-0.15, -0.1) is 0 Å². The van der Waals surface area contributed by atoms with Crippen molar-refractivity contribution in [3.8, 4) is 17.2 Å². The number of halogens is 1. The molecule has 2 N–H and O–H groups in total. The normalized spacial score (nSPS) is 11.9. The summed E-state index contributed by atoms with van der Waals surface area (Å²) in [5.41, 5.74) is 4.59. The summed E-state index contributed by atoms with van der Waals surface area (Å²) in [7, 11) is 0. The molecule has 4 rings (SSSR count). The molecule has 1 aliphatic heterocycles. The van der Waals surface area contributed by atoms with Crippen molar-refractivity contribution >= 4 is 34.0 Å². The van der Waals surface area contributed by atoms with E-state index in [4.69, 9.17) is 14.2 Å². The molecule has 2 amide bonds. The van der Waals surface area contributed by atoms with Gasteiger partial charge in [-0.2, -0.15) is 5.10 Å². The van der Waals surface area contributed by atoms with Gasteiger partial charge >= 0.3 is 0 Å². The van der Waals surface area contributed by atoms with E-state index in [-0.39, 0.29) is 13.3 Å². The van der Waals surface area contributed by atoms with E-state index >= 15 is 0 Å². The lowest BCUT2D eigenvalue weighted by molar-refractivity contribution is -0.120. The Morgan fingerprint density at radius 1 is 1.03 bits per heavy atom. The van der Waals surface area contributed by atoms with Gasteiger partial charge in [0.05, 0.1) is 17.2 Å².